The van der Waals surface area contributed by atoms with E-state index >= 15 is 0 Å². The Labute approximate surface area is 124 Å². The molecule has 3 nitrogen and oxygen atoms in total. The Hall–Kier alpha value is -0.830. The molecule has 1 aromatic heterocycles. The molecule has 1 saturated carbocycles. The second-order valence-corrected chi connectivity index (χ2v) is 7.32. The first-order valence-electron chi connectivity index (χ1n) is 8.15. The molecule has 1 aromatic rings. The van der Waals surface area contributed by atoms with Crippen LogP contribution in [0.1, 0.15) is 65.1 Å². The third kappa shape index (κ3) is 3.43. The molecule has 0 radical (unpaired) electrons. The number of nitrogens with one attached hydrogen (secondary N) is 1. The van der Waals surface area contributed by atoms with E-state index in [4.69, 9.17) is 5.10 Å². The maximum absolute atomic E-state index is 4.72. The lowest BCUT2D eigenvalue weighted by molar-refractivity contribution is 0.101. The minimum absolute atomic E-state index is 0.447. The van der Waals surface area contributed by atoms with Crippen LogP contribution in [-0.2, 0) is 6.42 Å². The maximum atomic E-state index is 4.72. The van der Waals surface area contributed by atoms with Gasteiger partial charge >= 0.3 is 0 Å². The van der Waals surface area contributed by atoms with Crippen LogP contribution in [0, 0.1) is 11.3 Å². The molecule has 1 heterocycles. The molecule has 0 aliphatic heterocycles. The van der Waals surface area contributed by atoms with Gasteiger partial charge in [-0.2, -0.15) is 5.10 Å². The predicted molar refractivity (Wildman–Crippen MR) is 84.9 cm³/mol. The van der Waals surface area contributed by atoms with Crippen LogP contribution < -0.4 is 5.32 Å². The van der Waals surface area contributed by atoms with Crippen molar-refractivity contribution in [3.05, 3.63) is 18.0 Å². The SMILES string of the molecule is CNC(Cc1ccn(C(C)C)n1)C1CCCCC1(C)C. The molecule has 114 valence electrons. The molecule has 1 aliphatic carbocycles. The van der Waals surface area contributed by atoms with Crippen LogP contribution >= 0.6 is 0 Å². The van der Waals surface area contributed by atoms with E-state index in [1.165, 1.54) is 31.4 Å². The molecule has 0 spiro atoms. The molecule has 0 amide bonds. The molecule has 0 saturated heterocycles. The van der Waals surface area contributed by atoms with Gasteiger partial charge in [-0.1, -0.05) is 26.7 Å². The molecular formula is C17H31N3. The highest BCUT2D eigenvalue weighted by atomic mass is 15.3. The summed E-state index contributed by atoms with van der Waals surface area (Å²) < 4.78 is 2.06. The molecule has 2 rings (SSSR count). The monoisotopic (exact) mass is 277 g/mol. The molecule has 1 N–H and O–H groups in total. The molecular weight excluding hydrogens is 246 g/mol. The quantitative estimate of drug-likeness (QED) is 0.887. The van der Waals surface area contributed by atoms with Gasteiger partial charge in [0.15, 0.2) is 0 Å². The minimum Gasteiger partial charge on any atom is -0.316 e. The summed E-state index contributed by atoms with van der Waals surface area (Å²) in [6.45, 7) is 9.23. The van der Waals surface area contributed by atoms with E-state index in [9.17, 15) is 0 Å². The van der Waals surface area contributed by atoms with E-state index in [1.807, 2.05) is 0 Å². The lowest BCUT2D eigenvalue weighted by Gasteiger charge is -2.43. The normalized spacial score (nSPS) is 24.0. The summed E-state index contributed by atoms with van der Waals surface area (Å²) in [6.07, 6.45) is 8.64. The first-order chi connectivity index (χ1) is 9.44. The van der Waals surface area contributed by atoms with E-state index in [-0.39, 0.29) is 0 Å². The van der Waals surface area contributed by atoms with Gasteiger partial charge in [-0.05, 0) is 51.1 Å². The largest absolute Gasteiger partial charge is 0.316 e. The van der Waals surface area contributed by atoms with Crippen molar-refractivity contribution in [2.45, 2.75) is 71.9 Å². The van der Waals surface area contributed by atoms with Gasteiger partial charge < -0.3 is 5.32 Å². The summed E-state index contributed by atoms with van der Waals surface area (Å²) in [6, 6.07) is 3.17. The highest BCUT2D eigenvalue weighted by Crippen LogP contribution is 2.42. The summed E-state index contributed by atoms with van der Waals surface area (Å²) in [7, 11) is 2.11. The smallest absolute Gasteiger partial charge is 0.0640 e. The predicted octanol–water partition coefficient (Wildman–Crippen LogP) is 3.81. The van der Waals surface area contributed by atoms with Gasteiger partial charge in [-0.15, -0.1) is 0 Å². The van der Waals surface area contributed by atoms with Crippen LogP contribution in [0.15, 0.2) is 12.3 Å². The second-order valence-electron chi connectivity index (χ2n) is 7.32. The van der Waals surface area contributed by atoms with Crippen molar-refractivity contribution in [3.63, 3.8) is 0 Å². The summed E-state index contributed by atoms with van der Waals surface area (Å²) in [5, 5.41) is 8.28. The van der Waals surface area contributed by atoms with E-state index in [0.29, 0.717) is 17.5 Å². The fourth-order valence-corrected chi connectivity index (χ4v) is 3.71. The van der Waals surface area contributed by atoms with Crippen molar-refractivity contribution in [2.75, 3.05) is 7.05 Å². The molecule has 3 heteroatoms. The van der Waals surface area contributed by atoms with Crippen LogP contribution in [0.2, 0.25) is 0 Å². The average Bonchev–Trinajstić information content (AvgIpc) is 2.85. The van der Waals surface area contributed by atoms with Crippen LogP contribution in [0.5, 0.6) is 0 Å². The van der Waals surface area contributed by atoms with Gasteiger partial charge in [-0.25, -0.2) is 0 Å². The van der Waals surface area contributed by atoms with Gasteiger partial charge in [0.1, 0.15) is 0 Å². The summed E-state index contributed by atoms with van der Waals surface area (Å²) in [5.41, 5.74) is 1.67. The number of hydrogen-bond donors (Lipinski definition) is 1. The van der Waals surface area contributed by atoms with E-state index < -0.39 is 0 Å². The van der Waals surface area contributed by atoms with Gasteiger partial charge in [-0.3, -0.25) is 4.68 Å². The Bertz CT molecular complexity index is 420. The highest BCUT2D eigenvalue weighted by Gasteiger charge is 2.37. The number of nitrogens with zero attached hydrogens (tertiary/aromatic N) is 2. The lowest BCUT2D eigenvalue weighted by Crippen LogP contribution is -2.44. The zero-order chi connectivity index (χ0) is 14.8. The minimum atomic E-state index is 0.447. The van der Waals surface area contributed by atoms with Gasteiger partial charge in [0.2, 0.25) is 0 Å². The summed E-state index contributed by atoms with van der Waals surface area (Å²) in [4.78, 5) is 0. The molecule has 1 aliphatic rings. The average molecular weight is 277 g/mol. The number of hydrogen-bond acceptors (Lipinski definition) is 2. The number of rotatable bonds is 5. The Balaban J connectivity index is 2.07. The standard InChI is InChI=1S/C17H31N3/c1-13(2)20-11-9-14(19-20)12-16(18-5)15-8-6-7-10-17(15,3)4/h9,11,13,15-16,18H,6-8,10,12H2,1-5H3. The van der Waals surface area contributed by atoms with Crippen molar-refractivity contribution >= 4 is 0 Å². The van der Waals surface area contributed by atoms with E-state index in [2.05, 4.69) is 57.0 Å². The van der Waals surface area contributed by atoms with Crippen molar-refractivity contribution in [3.8, 4) is 0 Å². The zero-order valence-electron chi connectivity index (χ0n) is 13.8. The third-order valence-corrected chi connectivity index (χ3v) is 5.07. The highest BCUT2D eigenvalue weighted by molar-refractivity contribution is 5.04. The Morgan fingerprint density at radius 3 is 2.70 bits per heavy atom. The van der Waals surface area contributed by atoms with Crippen molar-refractivity contribution in [2.24, 2.45) is 11.3 Å². The van der Waals surface area contributed by atoms with Crippen molar-refractivity contribution in [1.82, 2.24) is 15.1 Å². The summed E-state index contributed by atoms with van der Waals surface area (Å²) in [5.74, 6) is 0.755. The molecule has 2 atom stereocenters. The molecule has 0 bridgehead atoms. The summed E-state index contributed by atoms with van der Waals surface area (Å²) >= 11 is 0. The van der Waals surface area contributed by atoms with Crippen LogP contribution in [-0.4, -0.2) is 22.9 Å². The Morgan fingerprint density at radius 1 is 1.40 bits per heavy atom. The van der Waals surface area contributed by atoms with Crippen molar-refractivity contribution in [1.29, 1.82) is 0 Å². The number of likely N-dealkylation sites (N-methyl/N-ethyl adjacent to an activating group) is 1. The third-order valence-electron chi connectivity index (χ3n) is 5.07. The number of aromatic nitrogens is 2. The lowest BCUT2D eigenvalue weighted by atomic mass is 9.65. The van der Waals surface area contributed by atoms with Crippen molar-refractivity contribution < 1.29 is 0 Å². The van der Waals surface area contributed by atoms with Gasteiger partial charge in [0.25, 0.3) is 0 Å². The topological polar surface area (TPSA) is 29.9 Å². The molecule has 2 unspecified atom stereocenters. The first-order valence-corrected chi connectivity index (χ1v) is 8.15. The fraction of sp³-hybridized carbons (Fsp3) is 0.824. The van der Waals surface area contributed by atoms with Crippen LogP contribution in [0.3, 0.4) is 0 Å². The molecule has 1 fully saturated rings. The molecule has 0 aromatic carbocycles. The second kappa shape index (κ2) is 6.30. The van der Waals surface area contributed by atoms with E-state index in [0.717, 1.165) is 12.3 Å². The zero-order valence-corrected chi connectivity index (χ0v) is 13.8. The first kappa shape index (κ1) is 15.6. The van der Waals surface area contributed by atoms with Gasteiger partial charge in [0, 0.05) is 24.7 Å². The van der Waals surface area contributed by atoms with E-state index in [1.54, 1.807) is 0 Å². The van der Waals surface area contributed by atoms with Crippen LogP contribution in [0.4, 0.5) is 0 Å². The Kier molecular flexibility index (Phi) is 4.90. The van der Waals surface area contributed by atoms with Crippen LogP contribution in [0.25, 0.3) is 0 Å². The Morgan fingerprint density at radius 2 is 2.15 bits per heavy atom. The van der Waals surface area contributed by atoms with Gasteiger partial charge in [0.05, 0.1) is 5.69 Å². The maximum Gasteiger partial charge on any atom is 0.0640 e. The molecule has 20 heavy (non-hydrogen) atoms. The fourth-order valence-electron chi connectivity index (χ4n) is 3.71.